The lowest BCUT2D eigenvalue weighted by molar-refractivity contribution is -0.274. The maximum atomic E-state index is 12.5. The number of nitrogens with one attached hydrogen (secondary N) is 1. The number of fused-ring (bicyclic) bond motifs is 1. The summed E-state index contributed by atoms with van der Waals surface area (Å²) in [5.74, 6) is 0.0863. The van der Waals surface area contributed by atoms with Crippen LogP contribution in [0.25, 0.3) is 17.0 Å². The smallest absolute Gasteiger partial charge is 0.406 e. The van der Waals surface area contributed by atoms with Crippen molar-refractivity contribution in [2.75, 3.05) is 26.2 Å². The highest BCUT2D eigenvalue weighted by Crippen LogP contribution is 2.23. The molecular weight excluding hydrogens is 437 g/mol. The number of amides is 1. The molecule has 0 unspecified atom stereocenters. The lowest BCUT2D eigenvalue weighted by atomic mass is 10.2. The van der Waals surface area contributed by atoms with Gasteiger partial charge in [-0.2, -0.15) is 0 Å². The third-order valence-electron chi connectivity index (χ3n) is 5.25. The fourth-order valence-corrected chi connectivity index (χ4v) is 3.60. The van der Waals surface area contributed by atoms with Crippen LogP contribution in [-0.4, -0.2) is 58.2 Å². The normalized spacial score (nSPS) is 15.3. The van der Waals surface area contributed by atoms with Gasteiger partial charge in [-0.05, 0) is 35.9 Å². The molecule has 10 heteroatoms. The molecule has 1 saturated heterocycles. The summed E-state index contributed by atoms with van der Waals surface area (Å²) in [7, 11) is 0. The first-order valence-corrected chi connectivity index (χ1v) is 10.3. The number of ether oxygens (including phenoxy) is 1. The van der Waals surface area contributed by atoms with Crippen molar-refractivity contribution in [3.8, 4) is 5.75 Å². The molecule has 4 rings (SSSR count). The molecule has 2 aromatic carbocycles. The number of halogens is 3. The monoisotopic (exact) mass is 458 g/mol. The van der Waals surface area contributed by atoms with Crippen molar-refractivity contribution in [3.05, 3.63) is 76.3 Å². The van der Waals surface area contributed by atoms with Gasteiger partial charge in [0.2, 0.25) is 5.91 Å². The second-order valence-corrected chi connectivity index (χ2v) is 7.58. The van der Waals surface area contributed by atoms with Crippen molar-refractivity contribution in [2.24, 2.45) is 0 Å². The number of hydrogen-bond acceptors (Lipinski definition) is 5. The highest BCUT2D eigenvalue weighted by molar-refractivity contribution is 5.91. The molecule has 3 aromatic rings. The Morgan fingerprint density at radius 3 is 2.45 bits per heavy atom. The van der Waals surface area contributed by atoms with Gasteiger partial charge in [0.05, 0.1) is 17.4 Å². The number of piperazine rings is 1. The third kappa shape index (κ3) is 5.98. The molecule has 1 N–H and O–H groups in total. The molecule has 33 heavy (non-hydrogen) atoms. The van der Waals surface area contributed by atoms with E-state index in [1.54, 1.807) is 29.2 Å². The maximum Gasteiger partial charge on any atom is 0.573 e. The Morgan fingerprint density at radius 2 is 1.76 bits per heavy atom. The van der Waals surface area contributed by atoms with Gasteiger partial charge in [0.1, 0.15) is 11.6 Å². The van der Waals surface area contributed by atoms with Gasteiger partial charge in [-0.15, -0.1) is 13.2 Å². The predicted molar refractivity (Wildman–Crippen MR) is 116 cm³/mol. The Hall–Kier alpha value is -3.66. The topological polar surface area (TPSA) is 78.5 Å². The van der Waals surface area contributed by atoms with Gasteiger partial charge in [-0.1, -0.05) is 24.3 Å². The van der Waals surface area contributed by atoms with Crippen LogP contribution in [0.3, 0.4) is 0 Å². The maximum absolute atomic E-state index is 12.5. The quantitative estimate of drug-likeness (QED) is 0.595. The molecule has 0 atom stereocenters. The molecular formula is C23H21F3N4O3. The zero-order valence-corrected chi connectivity index (χ0v) is 17.5. The van der Waals surface area contributed by atoms with Crippen LogP contribution in [0, 0.1) is 0 Å². The molecule has 1 amide bonds. The van der Waals surface area contributed by atoms with Crippen LogP contribution in [0.15, 0.2) is 59.4 Å². The van der Waals surface area contributed by atoms with Crippen LogP contribution in [0.4, 0.5) is 13.2 Å². The van der Waals surface area contributed by atoms with Crippen LogP contribution in [0.1, 0.15) is 11.4 Å². The number of aromatic nitrogens is 2. The van der Waals surface area contributed by atoms with Crippen LogP contribution in [-0.2, 0) is 11.3 Å². The molecule has 1 aliphatic rings. The Bertz CT molecular complexity index is 1210. The number of benzene rings is 2. The van der Waals surface area contributed by atoms with Gasteiger partial charge >= 0.3 is 6.36 Å². The molecule has 0 bridgehead atoms. The third-order valence-corrected chi connectivity index (χ3v) is 5.25. The van der Waals surface area contributed by atoms with E-state index >= 15 is 0 Å². The van der Waals surface area contributed by atoms with E-state index in [1.165, 1.54) is 30.3 Å². The lowest BCUT2D eigenvalue weighted by Gasteiger charge is -2.33. The van der Waals surface area contributed by atoms with Crippen molar-refractivity contribution < 1.29 is 22.7 Å². The van der Waals surface area contributed by atoms with Crippen molar-refractivity contribution in [3.63, 3.8) is 0 Å². The van der Waals surface area contributed by atoms with Crippen molar-refractivity contribution >= 4 is 22.9 Å². The second kappa shape index (κ2) is 9.45. The first-order valence-electron chi connectivity index (χ1n) is 10.3. The summed E-state index contributed by atoms with van der Waals surface area (Å²) in [5, 5.41) is 0.547. The second-order valence-electron chi connectivity index (χ2n) is 7.58. The SMILES string of the molecule is O=C(C=Cc1ccc(OC(F)(F)F)cc1)N1CCN(Cc2nc3ccccc3c(=O)[nH]2)CC1. The molecule has 0 spiro atoms. The summed E-state index contributed by atoms with van der Waals surface area (Å²) in [6, 6.07) is 12.4. The number of carbonyl (C=O) groups is 1. The number of carbonyl (C=O) groups excluding carboxylic acids is 1. The average Bonchev–Trinajstić information content (AvgIpc) is 2.78. The molecule has 172 valence electrons. The number of hydrogen-bond donors (Lipinski definition) is 1. The minimum absolute atomic E-state index is 0.174. The Kier molecular flexibility index (Phi) is 6.45. The molecule has 1 aliphatic heterocycles. The molecule has 1 fully saturated rings. The summed E-state index contributed by atoms with van der Waals surface area (Å²) in [4.78, 5) is 35.8. The Morgan fingerprint density at radius 1 is 1.06 bits per heavy atom. The van der Waals surface area contributed by atoms with Crippen LogP contribution in [0.5, 0.6) is 5.75 Å². The van der Waals surface area contributed by atoms with Gasteiger partial charge in [-0.3, -0.25) is 14.5 Å². The van der Waals surface area contributed by atoms with Crippen LogP contribution < -0.4 is 10.3 Å². The lowest BCUT2D eigenvalue weighted by Crippen LogP contribution is -2.48. The minimum Gasteiger partial charge on any atom is -0.406 e. The van der Waals surface area contributed by atoms with Gasteiger partial charge in [0.25, 0.3) is 5.56 Å². The summed E-state index contributed by atoms with van der Waals surface area (Å²) >= 11 is 0. The number of aromatic amines is 1. The van der Waals surface area contributed by atoms with Gasteiger partial charge < -0.3 is 14.6 Å². The first kappa shape index (κ1) is 22.5. The number of nitrogens with zero attached hydrogens (tertiary/aromatic N) is 3. The molecule has 2 heterocycles. The van der Waals surface area contributed by atoms with E-state index in [0.29, 0.717) is 55.0 Å². The summed E-state index contributed by atoms with van der Waals surface area (Å²) in [5.41, 5.74) is 1.06. The summed E-state index contributed by atoms with van der Waals surface area (Å²) in [6.45, 7) is 2.75. The number of para-hydroxylation sites is 1. The largest absolute Gasteiger partial charge is 0.573 e. The zero-order chi connectivity index (χ0) is 23.4. The number of H-pyrrole nitrogens is 1. The van der Waals surface area contributed by atoms with E-state index in [1.807, 2.05) is 6.07 Å². The van der Waals surface area contributed by atoms with Crippen LogP contribution >= 0.6 is 0 Å². The van der Waals surface area contributed by atoms with Gasteiger partial charge in [0.15, 0.2) is 0 Å². The van der Waals surface area contributed by atoms with Crippen molar-refractivity contribution in [1.82, 2.24) is 19.8 Å². The van der Waals surface area contributed by atoms with E-state index in [9.17, 15) is 22.8 Å². The standard InChI is InChI=1S/C23H21F3N4O3/c24-23(25,26)33-17-8-5-16(6-9-17)7-10-21(31)30-13-11-29(12-14-30)15-20-27-19-4-2-1-3-18(19)22(32)28-20/h1-10H,11-15H2,(H,27,28,32). The number of rotatable bonds is 5. The van der Waals surface area contributed by atoms with Crippen molar-refractivity contribution in [1.29, 1.82) is 0 Å². The van der Waals surface area contributed by atoms with Crippen molar-refractivity contribution in [2.45, 2.75) is 12.9 Å². The van der Waals surface area contributed by atoms with E-state index in [0.717, 1.165) is 0 Å². The molecule has 0 radical (unpaired) electrons. The van der Waals surface area contributed by atoms with E-state index in [2.05, 4.69) is 19.6 Å². The van der Waals surface area contributed by atoms with E-state index in [4.69, 9.17) is 0 Å². The molecule has 0 saturated carbocycles. The zero-order valence-electron chi connectivity index (χ0n) is 17.5. The molecule has 7 nitrogen and oxygen atoms in total. The molecule has 0 aliphatic carbocycles. The van der Waals surface area contributed by atoms with Gasteiger partial charge in [-0.25, -0.2) is 4.98 Å². The van der Waals surface area contributed by atoms with E-state index in [-0.39, 0.29) is 17.2 Å². The Balaban J connectivity index is 1.30. The van der Waals surface area contributed by atoms with Crippen LogP contribution in [0.2, 0.25) is 0 Å². The summed E-state index contributed by atoms with van der Waals surface area (Å²) < 4.78 is 40.5. The van der Waals surface area contributed by atoms with E-state index < -0.39 is 6.36 Å². The summed E-state index contributed by atoms with van der Waals surface area (Å²) in [6.07, 6.45) is -1.79. The average molecular weight is 458 g/mol. The molecule has 1 aromatic heterocycles. The fraction of sp³-hybridized carbons (Fsp3) is 0.261. The predicted octanol–water partition coefficient (Wildman–Crippen LogP) is 3.18. The highest BCUT2D eigenvalue weighted by Gasteiger charge is 2.30. The minimum atomic E-state index is -4.74. The Labute approximate surface area is 187 Å². The van der Waals surface area contributed by atoms with Gasteiger partial charge in [0, 0.05) is 32.3 Å². The number of alkyl halides is 3. The highest BCUT2D eigenvalue weighted by atomic mass is 19.4. The fourth-order valence-electron chi connectivity index (χ4n) is 3.60. The first-order chi connectivity index (χ1) is 15.8.